The molecule has 0 saturated carbocycles. The number of anilines is 1. The van der Waals surface area contributed by atoms with Gasteiger partial charge in [0.15, 0.2) is 0 Å². The Morgan fingerprint density at radius 3 is 2.93 bits per heavy atom. The van der Waals surface area contributed by atoms with Crippen molar-refractivity contribution in [3.8, 4) is 0 Å². The van der Waals surface area contributed by atoms with E-state index < -0.39 is 0 Å². The van der Waals surface area contributed by atoms with E-state index in [0.717, 1.165) is 0 Å². The third-order valence-corrected chi connectivity index (χ3v) is 2.15. The number of likely N-dealkylation sites (N-methyl/N-ethyl adjacent to an activating group) is 1. The highest BCUT2D eigenvalue weighted by atomic mass is 16.3. The van der Waals surface area contributed by atoms with Gasteiger partial charge in [0, 0.05) is 13.2 Å². The second kappa shape index (κ2) is 5.31. The Balaban J connectivity index is 2.56. The number of aliphatic hydroxyl groups excluding tert-OH is 1. The van der Waals surface area contributed by atoms with Crippen LogP contribution in [0.3, 0.4) is 0 Å². The first-order valence-corrected chi connectivity index (χ1v) is 4.71. The third-order valence-electron chi connectivity index (χ3n) is 2.15. The highest BCUT2D eigenvalue weighted by molar-refractivity contribution is 5.88. The highest BCUT2D eigenvalue weighted by Crippen LogP contribution is 2.03. The van der Waals surface area contributed by atoms with Crippen LogP contribution < -0.4 is 5.32 Å². The fourth-order valence-electron chi connectivity index (χ4n) is 0.957. The zero-order chi connectivity index (χ0) is 11.3. The molecule has 1 unspecified atom stereocenters. The van der Waals surface area contributed by atoms with Crippen molar-refractivity contribution in [2.45, 2.75) is 13.0 Å². The first kappa shape index (κ1) is 11.5. The number of nitrogens with one attached hydrogen (secondary N) is 1. The summed E-state index contributed by atoms with van der Waals surface area (Å²) in [5, 5.41) is 11.5. The third kappa shape index (κ3) is 3.21. The summed E-state index contributed by atoms with van der Waals surface area (Å²) in [4.78, 5) is 17.0. The molecule has 0 spiro atoms. The molecule has 2 N–H and O–H groups in total. The van der Waals surface area contributed by atoms with Crippen LogP contribution in [0.25, 0.3) is 0 Å². The maximum atomic E-state index is 11.6. The molecule has 0 fully saturated rings. The smallest absolute Gasteiger partial charge is 0.323 e. The first-order chi connectivity index (χ1) is 7.15. The zero-order valence-corrected chi connectivity index (χ0v) is 8.84. The molecule has 0 aromatic carbocycles. The lowest BCUT2D eigenvalue weighted by atomic mass is 10.3. The van der Waals surface area contributed by atoms with Crippen LogP contribution in [-0.4, -0.2) is 40.7 Å². The molecule has 5 heteroatoms. The second-order valence-electron chi connectivity index (χ2n) is 3.29. The molecule has 15 heavy (non-hydrogen) atoms. The van der Waals surface area contributed by atoms with Crippen molar-refractivity contribution in [1.29, 1.82) is 0 Å². The van der Waals surface area contributed by atoms with Crippen molar-refractivity contribution in [1.82, 2.24) is 9.88 Å². The standard InChI is InChI=1S/C10H15N3O2/c1-8(7-14)13(2)10(15)12-9-5-3-4-6-11-9/h3-6,8,14H,7H2,1-2H3,(H,11,12,15). The van der Waals surface area contributed by atoms with Crippen LogP contribution in [0, 0.1) is 0 Å². The molecule has 1 aromatic heterocycles. The van der Waals surface area contributed by atoms with Crippen molar-refractivity contribution in [3.63, 3.8) is 0 Å². The first-order valence-electron chi connectivity index (χ1n) is 4.71. The number of urea groups is 1. The van der Waals surface area contributed by atoms with Crippen LogP contribution in [0.2, 0.25) is 0 Å². The van der Waals surface area contributed by atoms with E-state index in [0.29, 0.717) is 5.82 Å². The molecule has 0 radical (unpaired) electrons. The van der Waals surface area contributed by atoms with Crippen LogP contribution >= 0.6 is 0 Å². The molecular formula is C10H15N3O2. The minimum absolute atomic E-state index is 0.0634. The van der Waals surface area contributed by atoms with Gasteiger partial charge in [0.1, 0.15) is 5.82 Å². The van der Waals surface area contributed by atoms with Crippen molar-refractivity contribution in [2.24, 2.45) is 0 Å². The van der Waals surface area contributed by atoms with E-state index in [9.17, 15) is 4.79 Å². The summed E-state index contributed by atoms with van der Waals surface area (Å²) in [6.07, 6.45) is 1.60. The van der Waals surface area contributed by atoms with Gasteiger partial charge in [0.05, 0.1) is 12.6 Å². The van der Waals surface area contributed by atoms with Gasteiger partial charge in [-0.15, -0.1) is 0 Å². The minimum atomic E-state index is -0.282. The average molecular weight is 209 g/mol. The molecule has 0 aliphatic rings. The van der Waals surface area contributed by atoms with E-state index >= 15 is 0 Å². The van der Waals surface area contributed by atoms with Crippen LogP contribution in [0.5, 0.6) is 0 Å². The normalized spacial score (nSPS) is 11.9. The maximum absolute atomic E-state index is 11.6. The quantitative estimate of drug-likeness (QED) is 0.778. The topological polar surface area (TPSA) is 65.5 Å². The van der Waals surface area contributed by atoms with Crippen molar-refractivity contribution < 1.29 is 9.90 Å². The minimum Gasteiger partial charge on any atom is -0.394 e. The number of rotatable bonds is 3. The monoisotopic (exact) mass is 209 g/mol. The Morgan fingerprint density at radius 2 is 2.40 bits per heavy atom. The molecule has 1 heterocycles. The number of pyridine rings is 1. The average Bonchev–Trinajstić information content (AvgIpc) is 2.28. The van der Waals surface area contributed by atoms with Gasteiger partial charge in [-0.3, -0.25) is 5.32 Å². The summed E-state index contributed by atoms with van der Waals surface area (Å²) in [6.45, 7) is 1.70. The number of carbonyl (C=O) groups is 1. The SMILES string of the molecule is CC(CO)N(C)C(=O)Nc1ccccn1. The number of aliphatic hydroxyl groups is 1. The van der Waals surface area contributed by atoms with Gasteiger partial charge in [-0.05, 0) is 19.1 Å². The summed E-state index contributed by atoms with van der Waals surface area (Å²) < 4.78 is 0. The fourth-order valence-corrected chi connectivity index (χ4v) is 0.957. The largest absolute Gasteiger partial charge is 0.394 e. The van der Waals surface area contributed by atoms with Crippen LogP contribution in [0.1, 0.15) is 6.92 Å². The summed E-state index contributed by atoms with van der Waals surface area (Å²) in [5.41, 5.74) is 0. The Bertz CT molecular complexity index is 316. The Hall–Kier alpha value is -1.62. The number of carbonyl (C=O) groups excluding carboxylic acids is 1. The molecule has 0 aliphatic carbocycles. The number of amides is 2. The van der Waals surface area contributed by atoms with Crippen molar-refractivity contribution in [2.75, 3.05) is 19.0 Å². The fraction of sp³-hybridized carbons (Fsp3) is 0.400. The lowest BCUT2D eigenvalue weighted by Gasteiger charge is -2.23. The molecule has 82 valence electrons. The van der Waals surface area contributed by atoms with E-state index in [1.165, 1.54) is 4.90 Å². The predicted octanol–water partition coefficient (Wildman–Crippen LogP) is 0.926. The molecule has 5 nitrogen and oxygen atoms in total. The van der Waals surface area contributed by atoms with E-state index in [-0.39, 0.29) is 18.7 Å². The molecule has 1 rings (SSSR count). The van der Waals surface area contributed by atoms with Gasteiger partial charge in [0.2, 0.25) is 0 Å². The molecule has 1 atom stereocenters. The van der Waals surface area contributed by atoms with Gasteiger partial charge in [-0.1, -0.05) is 6.07 Å². The Kier molecular flexibility index (Phi) is 4.05. The molecule has 1 aromatic rings. The van der Waals surface area contributed by atoms with Crippen molar-refractivity contribution >= 4 is 11.8 Å². The van der Waals surface area contributed by atoms with Crippen molar-refractivity contribution in [3.05, 3.63) is 24.4 Å². The van der Waals surface area contributed by atoms with Gasteiger partial charge >= 0.3 is 6.03 Å². The number of hydrogen-bond donors (Lipinski definition) is 2. The Labute approximate surface area is 88.7 Å². The Morgan fingerprint density at radius 1 is 1.67 bits per heavy atom. The summed E-state index contributed by atoms with van der Waals surface area (Å²) in [7, 11) is 1.62. The molecule has 0 aliphatic heterocycles. The molecule has 0 saturated heterocycles. The van der Waals surface area contributed by atoms with E-state index in [1.54, 1.807) is 38.4 Å². The number of hydrogen-bond acceptors (Lipinski definition) is 3. The zero-order valence-electron chi connectivity index (χ0n) is 8.84. The lowest BCUT2D eigenvalue weighted by molar-refractivity contribution is 0.166. The summed E-state index contributed by atoms with van der Waals surface area (Å²) in [6, 6.07) is 4.77. The van der Waals surface area contributed by atoms with Gasteiger partial charge in [-0.2, -0.15) is 0 Å². The van der Waals surface area contributed by atoms with Gasteiger partial charge in [-0.25, -0.2) is 9.78 Å². The lowest BCUT2D eigenvalue weighted by Crippen LogP contribution is -2.40. The summed E-state index contributed by atoms with van der Waals surface area (Å²) in [5.74, 6) is 0.500. The van der Waals surface area contributed by atoms with Crippen LogP contribution in [-0.2, 0) is 0 Å². The number of nitrogens with zero attached hydrogens (tertiary/aromatic N) is 2. The van der Waals surface area contributed by atoms with E-state index in [4.69, 9.17) is 5.11 Å². The molecule has 2 amide bonds. The molecule has 0 bridgehead atoms. The van der Waals surface area contributed by atoms with Gasteiger partial charge in [0.25, 0.3) is 0 Å². The second-order valence-corrected chi connectivity index (χ2v) is 3.29. The van der Waals surface area contributed by atoms with E-state index in [2.05, 4.69) is 10.3 Å². The highest BCUT2D eigenvalue weighted by Gasteiger charge is 2.14. The maximum Gasteiger partial charge on any atom is 0.323 e. The predicted molar refractivity (Wildman–Crippen MR) is 57.6 cm³/mol. The van der Waals surface area contributed by atoms with Crippen LogP contribution in [0.15, 0.2) is 24.4 Å². The molecular weight excluding hydrogens is 194 g/mol. The van der Waals surface area contributed by atoms with Gasteiger partial charge < -0.3 is 10.0 Å². The van der Waals surface area contributed by atoms with Crippen LogP contribution in [0.4, 0.5) is 10.6 Å². The number of aromatic nitrogens is 1. The summed E-state index contributed by atoms with van der Waals surface area (Å²) >= 11 is 0. The van der Waals surface area contributed by atoms with E-state index in [1.807, 2.05) is 0 Å².